The van der Waals surface area contributed by atoms with Crippen LogP contribution in [0, 0.1) is 6.92 Å². The number of aromatic nitrogens is 3. The highest BCUT2D eigenvalue weighted by Gasteiger charge is 2.21. The zero-order valence-electron chi connectivity index (χ0n) is 17.0. The fourth-order valence-electron chi connectivity index (χ4n) is 3.19. The van der Waals surface area contributed by atoms with Gasteiger partial charge in [-0.05, 0) is 42.8 Å². The van der Waals surface area contributed by atoms with Crippen LogP contribution in [0.25, 0.3) is 16.9 Å². The zero-order valence-corrected chi connectivity index (χ0v) is 17.0. The second-order valence-electron chi connectivity index (χ2n) is 7.06. The summed E-state index contributed by atoms with van der Waals surface area (Å²) in [6, 6.07) is 15.9. The first-order valence-electron chi connectivity index (χ1n) is 9.61. The molecule has 0 saturated heterocycles. The monoisotopic (exact) mass is 422 g/mol. The zero-order chi connectivity index (χ0) is 22.0. The van der Waals surface area contributed by atoms with Crippen LogP contribution in [0.3, 0.4) is 0 Å². The van der Waals surface area contributed by atoms with Crippen molar-refractivity contribution < 1.29 is 18.3 Å². The number of nitrogens with one attached hydrogen (secondary N) is 1. The standard InChI is InChI=1S/C23H20F2N4O2/c1-14-3-5-15(6-4-14)12-26-23(30)18-13-27-29-20(21(24)25)11-19(28-22(18)29)16-7-9-17(31-2)10-8-16/h3-11,13,21H,12H2,1-2H3,(H,26,30). The van der Waals surface area contributed by atoms with E-state index < -0.39 is 12.3 Å². The Hall–Kier alpha value is -3.81. The SMILES string of the molecule is COc1ccc(-c2cc(C(F)F)n3ncc(C(=O)NCc4ccc(C)cc4)c3n2)cc1. The van der Waals surface area contributed by atoms with Crippen LogP contribution in [0.15, 0.2) is 60.8 Å². The quantitative estimate of drug-likeness (QED) is 0.494. The Balaban J connectivity index is 1.69. The van der Waals surface area contributed by atoms with Gasteiger partial charge in [0.1, 0.15) is 17.0 Å². The molecule has 158 valence electrons. The van der Waals surface area contributed by atoms with Crippen LogP contribution in [0.5, 0.6) is 5.75 Å². The van der Waals surface area contributed by atoms with Gasteiger partial charge < -0.3 is 10.1 Å². The average molecular weight is 422 g/mol. The first-order valence-corrected chi connectivity index (χ1v) is 9.61. The number of carbonyl (C=O) groups is 1. The Morgan fingerprint density at radius 1 is 1.13 bits per heavy atom. The van der Waals surface area contributed by atoms with Crippen LogP contribution in [0.4, 0.5) is 8.78 Å². The minimum atomic E-state index is -2.79. The summed E-state index contributed by atoms with van der Waals surface area (Å²) in [5.41, 5.74) is 2.85. The molecule has 1 N–H and O–H groups in total. The van der Waals surface area contributed by atoms with E-state index in [-0.39, 0.29) is 16.9 Å². The maximum atomic E-state index is 13.7. The Morgan fingerprint density at radius 2 is 1.84 bits per heavy atom. The third-order valence-corrected chi connectivity index (χ3v) is 4.93. The molecular weight excluding hydrogens is 402 g/mol. The lowest BCUT2D eigenvalue weighted by atomic mass is 10.1. The molecule has 0 aliphatic heterocycles. The average Bonchev–Trinajstić information content (AvgIpc) is 3.22. The van der Waals surface area contributed by atoms with Crippen LogP contribution >= 0.6 is 0 Å². The molecule has 6 nitrogen and oxygen atoms in total. The van der Waals surface area contributed by atoms with Gasteiger partial charge in [-0.1, -0.05) is 29.8 Å². The summed E-state index contributed by atoms with van der Waals surface area (Å²) in [7, 11) is 1.54. The van der Waals surface area contributed by atoms with Crippen molar-refractivity contribution in [1.82, 2.24) is 19.9 Å². The molecule has 4 rings (SSSR count). The summed E-state index contributed by atoms with van der Waals surface area (Å²) in [6.07, 6.45) is -1.53. The van der Waals surface area contributed by atoms with Crippen LogP contribution in [0.2, 0.25) is 0 Å². The summed E-state index contributed by atoms with van der Waals surface area (Å²) >= 11 is 0. The van der Waals surface area contributed by atoms with Crippen molar-refractivity contribution in [2.75, 3.05) is 7.11 Å². The molecule has 0 aliphatic carbocycles. The number of hydrogen-bond donors (Lipinski definition) is 1. The number of nitrogens with zero attached hydrogens (tertiary/aromatic N) is 3. The molecule has 0 atom stereocenters. The minimum absolute atomic E-state index is 0.0741. The molecule has 2 aromatic heterocycles. The number of ether oxygens (including phenoxy) is 1. The number of amides is 1. The molecule has 8 heteroatoms. The Bertz CT molecular complexity index is 1220. The summed E-state index contributed by atoms with van der Waals surface area (Å²) in [4.78, 5) is 17.2. The van der Waals surface area contributed by atoms with Gasteiger partial charge in [0.15, 0.2) is 5.65 Å². The largest absolute Gasteiger partial charge is 0.497 e. The van der Waals surface area contributed by atoms with Gasteiger partial charge >= 0.3 is 0 Å². The molecule has 1 amide bonds. The first kappa shape index (κ1) is 20.5. The van der Waals surface area contributed by atoms with Gasteiger partial charge in [-0.25, -0.2) is 18.3 Å². The summed E-state index contributed by atoms with van der Waals surface area (Å²) in [5, 5.41) is 6.78. The number of halogens is 2. The third kappa shape index (κ3) is 4.23. The molecule has 0 radical (unpaired) electrons. The Kier molecular flexibility index (Phi) is 5.62. The number of fused-ring (bicyclic) bond motifs is 1. The lowest BCUT2D eigenvalue weighted by Gasteiger charge is -2.09. The number of aryl methyl sites for hydroxylation is 1. The van der Waals surface area contributed by atoms with E-state index in [4.69, 9.17) is 4.74 Å². The van der Waals surface area contributed by atoms with E-state index in [1.165, 1.54) is 12.3 Å². The fourth-order valence-corrected chi connectivity index (χ4v) is 3.19. The third-order valence-electron chi connectivity index (χ3n) is 4.93. The highest BCUT2D eigenvalue weighted by Crippen LogP contribution is 2.27. The molecule has 0 unspecified atom stereocenters. The van der Waals surface area contributed by atoms with E-state index in [0.29, 0.717) is 23.6 Å². The molecule has 2 aromatic carbocycles. The second-order valence-corrected chi connectivity index (χ2v) is 7.06. The molecule has 0 fully saturated rings. The maximum Gasteiger partial charge on any atom is 0.280 e. The number of hydrogen-bond acceptors (Lipinski definition) is 4. The molecule has 31 heavy (non-hydrogen) atoms. The Morgan fingerprint density at radius 3 is 2.48 bits per heavy atom. The van der Waals surface area contributed by atoms with Crippen LogP contribution in [-0.2, 0) is 6.54 Å². The van der Waals surface area contributed by atoms with E-state index in [2.05, 4.69) is 15.4 Å². The smallest absolute Gasteiger partial charge is 0.280 e. The van der Waals surface area contributed by atoms with Crippen molar-refractivity contribution in [2.24, 2.45) is 0 Å². The first-order chi connectivity index (χ1) is 15.0. The molecule has 4 aromatic rings. The summed E-state index contributed by atoms with van der Waals surface area (Å²) in [5.74, 6) is 0.203. The van der Waals surface area contributed by atoms with Crippen molar-refractivity contribution in [1.29, 1.82) is 0 Å². The molecule has 0 saturated carbocycles. The molecule has 2 heterocycles. The predicted octanol–water partition coefficient (Wildman–Crippen LogP) is 4.58. The van der Waals surface area contributed by atoms with E-state index in [1.807, 2.05) is 31.2 Å². The maximum absolute atomic E-state index is 13.7. The van der Waals surface area contributed by atoms with Gasteiger partial charge in [-0.15, -0.1) is 0 Å². The van der Waals surface area contributed by atoms with Crippen molar-refractivity contribution in [2.45, 2.75) is 19.9 Å². The van der Waals surface area contributed by atoms with Gasteiger partial charge in [-0.3, -0.25) is 4.79 Å². The van der Waals surface area contributed by atoms with E-state index in [1.54, 1.807) is 31.4 Å². The van der Waals surface area contributed by atoms with Gasteiger partial charge in [0.2, 0.25) is 0 Å². The molecular formula is C23H20F2N4O2. The number of carbonyl (C=O) groups excluding carboxylic acids is 1. The number of methoxy groups -OCH3 is 1. The van der Waals surface area contributed by atoms with Crippen LogP contribution < -0.4 is 10.1 Å². The number of benzene rings is 2. The highest BCUT2D eigenvalue weighted by molar-refractivity contribution is 5.99. The fraction of sp³-hybridized carbons (Fsp3) is 0.174. The van der Waals surface area contributed by atoms with Crippen molar-refractivity contribution in [3.63, 3.8) is 0 Å². The van der Waals surface area contributed by atoms with E-state index in [9.17, 15) is 13.6 Å². The Labute approximate surface area is 177 Å². The van der Waals surface area contributed by atoms with Gasteiger partial charge in [0, 0.05) is 12.1 Å². The van der Waals surface area contributed by atoms with Crippen molar-refractivity contribution >= 4 is 11.6 Å². The topological polar surface area (TPSA) is 68.5 Å². The van der Waals surface area contributed by atoms with E-state index in [0.717, 1.165) is 15.6 Å². The van der Waals surface area contributed by atoms with Crippen LogP contribution in [-0.4, -0.2) is 27.6 Å². The van der Waals surface area contributed by atoms with E-state index >= 15 is 0 Å². The molecule has 0 spiro atoms. The van der Waals surface area contributed by atoms with Gasteiger partial charge in [0.05, 0.1) is 19.0 Å². The highest BCUT2D eigenvalue weighted by atomic mass is 19.3. The minimum Gasteiger partial charge on any atom is -0.497 e. The van der Waals surface area contributed by atoms with Crippen LogP contribution in [0.1, 0.15) is 33.6 Å². The second kappa shape index (κ2) is 8.51. The summed E-state index contributed by atoms with van der Waals surface area (Å²) in [6.45, 7) is 2.28. The lowest BCUT2D eigenvalue weighted by Crippen LogP contribution is -2.23. The lowest BCUT2D eigenvalue weighted by molar-refractivity contribution is 0.0952. The molecule has 0 aliphatic rings. The van der Waals surface area contributed by atoms with Crippen molar-refractivity contribution in [3.05, 3.63) is 83.2 Å². The molecule has 0 bridgehead atoms. The summed E-state index contributed by atoms with van der Waals surface area (Å²) < 4.78 is 33.6. The number of alkyl halides is 2. The normalized spacial score (nSPS) is 11.1. The van der Waals surface area contributed by atoms with Gasteiger partial charge in [-0.2, -0.15) is 5.10 Å². The number of rotatable bonds is 6. The van der Waals surface area contributed by atoms with Crippen molar-refractivity contribution in [3.8, 4) is 17.0 Å². The van der Waals surface area contributed by atoms with Gasteiger partial charge in [0.25, 0.3) is 12.3 Å². The predicted molar refractivity (Wildman–Crippen MR) is 112 cm³/mol.